The highest BCUT2D eigenvalue weighted by atomic mass is 32.2. The second kappa shape index (κ2) is 6.32. The molecule has 0 bridgehead atoms. The molecule has 1 fully saturated rings. The van der Waals surface area contributed by atoms with E-state index in [9.17, 15) is 4.79 Å². The molecule has 1 unspecified atom stereocenters. The quantitative estimate of drug-likeness (QED) is 0.595. The Kier molecular flexibility index (Phi) is 4.26. The van der Waals surface area contributed by atoms with Gasteiger partial charge in [0.15, 0.2) is 0 Å². The summed E-state index contributed by atoms with van der Waals surface area (Å²) >= 11 is 1.92. The number of amides is 1. The number of carbonyl (C=O) groups excluding carboxylic acids is 1. The van der Waals surface area contributed by atoms with Crippen LogP contribution in [-0.2, 0) is 0 Å². The summed E-state index contributed by atoms with van der Waals surface area (Å²) in [5.41, 5.74) is 2.96. The van der Waals surface area contributed by atoms with E-state index in [1.54, 1.807) is 6.07 Å². The molecule has 21 heavy (non-hydrogen) atoms. The number of benzene rings is 1. The summed E-state index contributed by atoms with van der Waals surface area (Å²) in [7, 11) is 0. The van der Waals surface area contributed by atoms with Crippen LogP contribution in [0.3, 0.4) is 0 Å². The van der Waals surface area contributed by atoms with Crippen molar-refractivity contribution in [3.63, 3.8) is 0 Å². The van der Waals surface area contributed by atoms with E-state index in [1.165, 1.54) is 18.6 Å². The average Bonchev–Trinajstić information content (AvgIpc) is 3.04. The van der Waals surface area contributed by atoms with E-state index in [0.29, 0.717) is 23.3 Å². The molecule has 0 radical (unpaired) electrons. The van der Waals surface area contributed by atoms with Gasteiger partial charge in [0.1, 0.15) is 11.5 Å². The number of rotatable bonds is 4. The van der Waals surface area contributed by atoms with Crippen LogP contribution in [0.15, 0.2) is 30.3 Å². The first-order valence-electron chi connectivity index (χ1n) is 7.04. The third-order valence-corrected chi connectivity index (χ3v) is 5.02. The summed E-state index contributed by atoms with van der Waals surface area (Å²) in [4.78, 5) is 16.6. The fourth-order valence-electron chi connectivity index (χ4n) is 2.53. The summed E-state index contributed by atoms with van der Waals surface area (Å²) in [6.45, 7) is 0.698. The Morgan fingerprint density at radius 1 is 1.43 bits per heavy atom. The van der Waals surface area contributed by atoms with Crippen LogP contribution in [-0.4, -0.2) is 28.4 Å². The number of nitrogen functional groups attached to an aromatic ring is 1. The van der Waals surface area contributed by atoms with Crippen molar-refractivity contribution in [2.45, 2.75) is 18.1 Å². The normalized spacial score (nSPS) is 17.9. The Labute approximate surface area is 127 Å². The highest BCUT2D eigenvalue weighted by molar-refractivity contribution is 8.00. The molecular formula is C15H18N4OS. The first-order chi connectivity index (χ1) is 10.3. The lowest BCUT2D eigenvalue weighted by Crippen LogP contribution is -2.30. The zero-order valence-electron chi connectivity index (χ0n) is 11.6. The predicted molar refractivity (Wildman–Crippen MR) is 87.4 cm³/mol. The van der Waals surface area contributed by atoms with Crippen LogP contribution in [0, 0.1) is 0 Å². The Morgan fingerprint density at radius 3 is 3.05 bits per heavy atom. The highest BCUT2D eigenvalue weighted by Crippen LogP contribution is 2.25. The molecule has 1 amide bonds. The lowest BCUT2D eigenvalue weighted by molar-refractivity contribution is 0.0949. The van der Waals surface area contributed by atoms with Crippen LogP contribution >= 0.6 is 11.8 Å². The van der Waals surface area contributed by atoms with Crippen LogP contribution in [0.1, 0.15) is 23.3 Å². The van der Waals surface area contributed by atoms with Gasteiger partial charge in [0.25, 0.3) is 5.91 Å². The van der Waals surface area contributed by atoms with Crippen molar-refractivity contribution in [1.82, 2.24) is 10.3 Å². The average molecular weight is 302 g/mol. The number of anilines is 1. The molecular weight excluding hydrogens is 284 g/mol. The molecule has 0 aliphatic carbocycles. The minimum atomic E-state index is -0.148. The number of pyridine rings is 1. The van der Waals surface area contributed by atoms with Crippen molar-refractivity contribution in [2.24, 2.45) is 5.84 Å². The SMILES string of the molecule is NNc1nc(C(=O)NCC2CCCS2)cc2ccccc12. The number of nitrogens with two attached hydrogens (primary N) is 1. The molecule has 3 rings (SSSR count). The third-order valence-electron chi connectivity index (χ3n) is 3.62. The summed E-state index contributed by atoms with van der Waals surface area (Å²) < 4.78 is 0. The molecule has 6 heteroatoms. The molecule has 0 spiro atoms. The van der Waals surface area contributed by atoms with E-state index in [4.69, 9.17) is 5.84 Å². The summed E-state index contributed by atoms with van der Waals surface area (Å²) in [6, 6.07) is 9.52. The fourth-order valence-corrected chi connectivity index (χ4v) is 3.73. The molecule has 4 N–H and O–H groups in total. The largest absolute Gasteiger partial charge is 0.350 e. The first kappa shape index (κ1) is 14.2. The van der Waals surface area contributed by atoms with Crippen molar-refractivity contribution >= 4 is 34.3 Å². The van der Waals surface area contributed by atoms with Crippen LogP contribution in [0.2, 0.25) is 0 Å². The maximum absolute atomic E-state index is 12.3. The van der Waals surface area contributed by atoms with Gasteiger partial charge < -0.3 is 10.7 Å². The second-order valence-electron chi connectivity index (χ2n) is 5.07. The molecule has 1 aromatic heterocycles. The monoisotopic (exact) mass is 302 g/mol. The zero-order valence-corrected chi connectivity index (χ0v) is 12.5. The molecule has 1 aromatic carbocycles. The second-order valence-corrected chi connectivity index (χ2v) is 6.47. The summed E-state index contributed by atoms with van der Waals surface area (Å²) in [5.74, 6) is 7.07. The van der Waals surface area contributed by atoms with Gasteiger partial charge in [-0.25, -0.2) is 10.8 Å². The van der Waals surface area contributed by atoms with Gasteiger partial charge in [0.2, 0.25) is 0 Å². The van der Waals surface area contributed by atoms with Gasteiger partial charge in [-0.15, -0.1) is 0 Å². The molecule has 2 aromatic rings. The van der Waals surface area contributed by atoms with Crippen molar-refractivity contribution < 1.29 is 4.79 Å². The minimum absolute atomic E-state index is 0.148. The number of hydrogen-bond donors (Lipinski definition) is 3. The van der Waals surface area contributed by atoms with Gasteiger partial charge in [0, 0.05) is 17.2 Å². The fraction of sp³-hybridized carbons (Fsp3) is 0.333. The van der Waals surface area contributed by atoms with E-state index in [2.05, 4.69) is 15.7 Å². The Morgan fingerprint density at radius 2 is 2.29 bits per heavy atom. The van der Waals surface area contributed by atoms with Gasteiger partial charge in [0.05, 0.1) is 0 Å². The minimum Gasteiger partial charge on any atom is -0.350 e. The van der Waals surface area contributed by atoms with Crippen molar-refractivity contribution in [1.29, 1.82) is 0 Å². The molecule has 1 saturated heterocycles. The van der Waals surface area contributed by atoms with E-state index >= 15 is 0 Å². The van der Waals surface area contributed by atoms with E-state index in [1.807, 2.05) is 36.0 Å². The number of hydrogen-bond acceptors (Lipinski definition) is 5. The number of nitrogens with one attached hydrogen (secondary N) is 2. The Hall–Kier alpha value is -1.79. The number of hydrazine groups is 1. The highest BCUT2D eigenvalue weighted by Gasteiger charge is 2.17. The van der Waals surface area contributed by atoms with Crippen LogP contribution < -0.4 is 16.6 Å². The molecule has 5 nitrogen and oxygen atoms in total. The van der Waals surface area contributed by atoms with Crippen molar-refractivity contribution in [3.8, 4) is 0 Å². The third kappa shape index (κ3) is 3.11. The topological polar surface area (TPSA) is 80.0 Å². The molecule has 1 atom stereocenters. The molecule has 1 aliphatic heterocycles. The maximum atomic E-state index is 12.3. The predicted octanol–water partition coefficient (Wildman–Crippen LogP) is 2.15. The van der Waals surface area contributed by atoms with Gasteiger partial charge in [-0.3, -0.25) is 4.79 Å². The van der Waals surface area contributed by atoms with Gasteiger partial charge in [-0.1, -0.05) is 24.3 Å². The number of aromatic nitrogens is 1. The van der Waals surface area contributed by atoms with Crippen molar-refractivity contribution in [3.05, 3.63) is 36.0 Å². The van der Waals surface area contributed by atoms with Crippen LogP contribution in [0.5, 0.6) is 0 Å². The van der Waals surface area contributed by atoms with Crippen LogP contribution in [0.4, 0.5) is 5.82 Å². The summed E-state index contributed by atoms with van der Waals surface area (Å²) in [5, 5.41) is 5.35. The first-order valence-corrected chi connectivity index (χ1v) is 8.09. The van der Waals surface area contributed by atoms with Crippen LogP contribution in [0.25, 0.3) is 10.8 Å². The Balaban J connectivity index is 1.80. The summed E-state index contributed by atoms with van der Waals surface area (Å²) in [6.07, 6.45) is 2.41. The number of thioether (sulfide) groups is 1. The number of nitrogens with zero attached hydrogens (tertiary/aromatic N) is 1. The Bertz CT molecular complexity index is 655. The van der Waals surface area contributed by atoms with Crippen molar-refractivity contribution in [2.75, 3.05) is 17.7 Å². The molecule has 1 aliphatic rings. The lowest BCUT2D eigenvalue weighted by atomic mass is 10.1. The van der Waals surface area contributed by atoms with Gasteiger partial charge in [-0.2, -0.15) is 11.8 Å². The van der Waals surface area contributed by atoms with Gasteiger partial charge in [-0.05, 0) is 30.0 Å². The zero-order chi connectivity index (χ0) is 14.7. The number of fused-ring (bicyclic) bond motifs is 1. The van der Waals surface area contributed by atoms with Gasteiger partial charge >= 0.3 is 0 Å². The smallest absolute Gasteiger partial charge is 0.270 e. The molecule has 2 heterocycles. The lowest BCUT2D eigenvalue weighted by Gasteiger charge is -2.11. The maximum Gasteiger partial charge on any atom is 0.270 e. The molecule has 0 saturated carbocycles. The number of carbonyl (C=O) groups is 1. The molecule has 110 valence electrons. The van der Waals surface area contributed by atoms with E-state index in [-0.39, 0.29) is 5.91 Å². The van der Waals surface area contributed by atoms with E-state index in [0.717, 1.165) is 10.8 Å². The van der Waals surface area contributed by atoms with E-state index < -0.39 is 0 Å². The standard InChI is InChI=1S/C15H18N4OS/c16-19-14-12-6-2-1-4-10(12)8-13(18-14)15(20)17-9-11-5-3-7-21-11/h1-2,4,6,8,11H,3,5,7,9,16H2,(H,17,20)(H,18,19).